The standard InChI is InChI=1S/C18H14BrF2N3O2/c1-10-16(19)17(22-14-6-4-3-5-12(14)18(25)26-2)24(23-10)15-8-7-11(20)9-13(15)21/h3-9,22H,1-2H3. The van der Waals surface area contributed by atoms with Crippen LogP contribution in [0.5, 0.6) is 0 Å². The zero-order valence-corrected chi connectivity index (χ0v) is 15.5. The number of rotatable bonds is 4. The van der Waals surface area contributed by atoms with Gasteiger partial charge in [0, 0.05) is 6.07 Å². The molecule has 0 radical (unpaired) electrons. The molecule has 0 aliphatic heterocycles. The largest absolute Gasteiger partial charge is 0.465 e. The summed E-state index contributed by atoms with van der Waals surface area (Å²) in [6, 6.07) is 9.97. The smallest absolute Gasteiger partial charge is 0.339 e. The Bertz CT molecular complexity index is 989. The number of carbonyl (C=O) groups is 1. The summed E-state index contributed by atoms with van der Waals surface area (Å²) in [6.07, 6.45) is 0. The maximum absolute atomic E-state index is 14.2. The Morgan fingerprint density at radius 1 is 1.23 bits per heavy atom. The van der Waals surface area contributed by atoms with Crippen molar-refractivity contribution in [2.24, 2.45) is 0 Å². The highest BCUT2D eigenvalue weighted by atomic mass is 79.9. The van der Waals surface area contributed by atoms with Crippen LogP contribution in [-0.4, -0.2) is 22.9 Å². The molecule has 1 heterocycles. The summed E-state index contributed by atoms with van der Waals surface area (Å²) in [5, 5.41) is 7.37. The molecule has 1 N–H and O–H groups in total. The number of anilines is 2. The van der Waals surface area contributed by atoms with E-state index in [-0.39, 0.29) is 5.69 Å². The van der Waals surface area contributed by atoms with E-state index in [4.69, 9.17) is 4.74 Å². The van der Waals surface area contributed by atoms with Crippen molar-refractivity contribution >= 4 is 33.4 Å². The van der Waals surface area contributed by atoms with Crippen molar-refractivity contribution in [3.63, 3.8) is 0 Å². The molecule has 134 valence electrons. The molecule has 3 aromatic rings. The summed E-state index contributed by atoms with van der Waals surface area (Å²) in [6.45, 7) is 1.74. The van der Waals surface area contributed by atoms with E-state index in [0.29, 0.717) is 27.2 Å². The molecule has 0 amide bonds. The van der Waals surface area contributed by atoms with Gasteiger partial charge in [0.1, 0.15) is 17.3 Å². The van der Waals surface area contributed by atoms with Crippen LogP contribution in [0, 0.1) is 18.6 Å². The third-order valence-electron chi connectivity index (χ3n) is 3.71. The normalized spacial score (nSPS) is 10.7. The highest BCUT2D eigenvalue weighted by Crippen LogP contribution is 2.33. The number of methoxy groups -OCH3 is 1. The van der Waals surface area contributed by atoms with E-state index in [0.717, 1.165) is 12.1 Å². The average molecular weight is 422 g/mol. The SMILES string of the molecule is COC(=O)c1ccccc1Nc1c(Br)c(C)nn1-c1ccc(F)cc1F. The lowest BCUT2D eigenvalue weighted by Crippen LogP contribution is -2.09. The minimum absolute atomic E-state index is 0.0678. The van der Waals surface area contributed by atoms with E-state index in [2.05, 4.69) is 26.3 Å². The quantitative estimate of drug-likeness (QED) is 0.617. The number of ether oxygens (including phenoxy) is 1. The first-order valence-corrected chi connectivity index (χ1v) is 8.36. The Morgan fingerprint density at radius 2 is 1.96 bits per heavy atom. The van der Waals surface area contributed by atoms with Gasteiger partial charge in [0.05, 0.1) is 28.5 Å². The number of hydrogen-bond donors (Lipinski definition) is 1. The first-order chi connectivity index (χ1) is 12.4. The molecule has 0 saturated carbocycles. The van der Waals surface area contributed by atoms with Crippen molar-refractivity contribution in [1.29, 1.82) is 0 Å². The summed E-state index contributed by atoms with van der Waals surface area (Å²) >= 11 is 3.41. The minimum Gasteiger partial charge on any atom is -0.465 e. The lowest BCUT2D eigenvalue weighted by atomic mass is 10.2. The van der Waals surface area contributed by atoms with Gasteiger partial charge in [-0.3, -0.25) is 0 Å². The fourth-order valence-electron chi connectivity index (χ4n) is 2.45. The zero-order chi connectivity index (χ0) is 18.8. The van der Waals surface area contributed by atoms with E-state index < -0.39 is 17.6 Å². The number of carbonyl (C=O) groups excluding carboxylic acids is 1. The molecule has 0 saturated heterocycles. The molecule has 0 fully saturated rings. The number of nitrogens with zero attached hydrogens (tertiary/aromatic N) is 2. The maximum Gasteiger partial charge on any atom is 0.339 e. The van der Waals surface area contributed by atoms with Crippen molar-refractivity contribution in [2.45, 2.75) is 6.92 Å². The van der Waals surface area contributed by atoms with E-state index in [1.54, 1.807) is 31.2 Å². The number of benzene rings is 2. The molecule has 5 nitrogen and oxygen atoms in total. The number of hydrogen-bond acceptors (Lipinski definition) is 4. The average Bonchev–Trinajstić information content (AvgIpc) is 2.90. The van der Waals surface area contributed by atoms with E-state index in [9.17, 15) is 13.6 Å². The number of aryl methyl sites for hydroxylation is 1. The van der Waals surface area contributed by atoms with Crippen molar-refractivity contribution in [3.05, 3.63) is 69.8 Å². The van der Waals surface area contributed by atoms with Crippen LogP contribution in [-0.2, 0) is 4.74 Å². The topological polar surface area (TPSA) is 56.1 Å². The molecule has 0 unspecified atom stereocenters. The second kappa shape index (κ2) is 7.25. The van der Waals surface area contributed by atoms with Gasteiger partial charge >= 0.3 is 5.97 Å². The van der Waals surface area contributed by atoms with Crippen molar-refractivity contribution in [1.82, 2.24) is 9.78 Å². The number of esters is 1. The minimum atomic E-state index is -0.760. The summed E-state index contributed by atoms with van der Waals surface area (Å²) < 4.78 is 34.1. The Kier molecular flexibility index (Phi) is 5.03. The number of halogens is 3. The first kappa shape index (κ1) is 18.1. The van der Waals surface area contributed by atoms with Gasteiger partial charge in [-0.15, -0.1) is 0 Å². The summed E-state index contributed by atoms with van der Waals surface area (Å²) in [7, 11) is 1.29. The second-order valence-corrected chi connectivity index (χ2v) is 6.21. The van der Waals surface area contributed by atoms with Crippen molar-refractivity contribution in [3.8, 4) is 5.69 Å². The van der Waals surface area contributed by atoms with E-state index >= 15 is 0 Å². The molecular formula is C18H14BrF2N3O2. The highest BCUT2D eigenvalue weighted by Gasteiger charge is 2.20. The van der Waals surface area contributed by atoms with Gasteiger partial charge in [-0.1, -0.05) is 12.1 Å². The Morgan fingerprint density at radius 3 is 2.65 bits per heavy atom. The van der Waals surface area contributed by atoms with Gasteiger partial charge in [0.25, 0.3) is 0 Å². The molecule has 0 atom stereocenters. The van der Waals surface area contributed by atoms with Crippen LogP contribution < -0.4 is 5.32 Å². The predicted molar refractivity (Wildman–Crippen MR) is 97.0 cm³/mol. The van der Waals surface area contributed by atoms with Gasteiger partial charge < -0.3 is 10.1 Å². The first-order valence-electron chi connectivity index (χ1n) is 7.57. The molecule has 0 spiro atoms. The summed E-state index contributed by atoms with van der Waals surface area (Å²) in [5.74, 6) is -1.56. The third-order valence-corrected chi connectivity index (χ3v) is 4.66. The van der Waals surface area contributed by atoms with Gasteiger partial charge in [-0.25, -0.2) is 18.3 Å². The lowest BCUT2D eigenvalue weighted by molar-refractivity contribution is 0.0602. The van der Waals surface area contributed by atoms with Crippen LogP contribution >= 0.6 is 15.9 Å². The second-order valence-electron chi connectivity index (χ2n) is 5.42. The molecule has 0 bridgehead atoms. The fraction of sp³-hybridized carbons (Fsp3) is 0.111. The van der Waals surface area contributed by atoms with Crippen molar-refractivity contribution in [2.75, 3.05) is 12.4 Å². The molecule has 26 heavy (non-hydrogen) atoms. The van der Waals surface area contributed by atoms with Gasteiger partial charge in [-0.05, 0) is 47.1 Å². The summed E-state index contributed by atoms with van der Waals surface area (Å²) in [4.78, 5) is 12.0. The van der Waals surface area contributed by atoms with Crippen LogP contribution in [0.4, 0.5) is 20.3 Å². The number of aromatic nitrogens is 2. The Balaban J connectivity index is 2.12. The number of nitrogens with one attached hydrogen (secondary N) is 1. The van der Waals surface area contributed by atoms with Gasteiger partial charge in [0.15, 0.2) is 5.82 Å². The molecule has 0 aliphatic rings. The molecular weight excluding hydrogens is 408 g/mol. The molecule has 8 heteroatoms. The van der Waals surface area contributed by atoms with E-state index in [1.165, 1.54) is 17.9 Å². The lowest BCUT2D eigenvalue weighted by Gasteiger charge is -2.13. The monoisotopic (exact) mass is 421 g/mol. The third kappa shape index (κ3) is 3.32. The van der Waals surface area contributed by atoms with Crippen LogP contribution in [0.2, 0.25) is 0 Å². The molecule has 1 aromatic heterocycles. The van der Waals surface area contributed by atoms with Crippen LogP contribution in [0.25, 0.3) is 5.69 Å². The fourth-order valence-corrected chi connectivity index (χ4v) is 2.80. The maximum atomic E-state index is 14.2. The number of para-hydroxylation sites is 1. The summed E-state index contributed by atoms with van der Waals surface area (Å²) in [5.41, 5.74) is 1.43. The predicted octanol–water partition coefficient (Wildman–Crippen LogP) is 4.75. The zero-order valence-electron chi connectivity index (χ0n) is 13.9. The highest BCUT2D eigenvalue weighted by molar-refractivity contribution is 9.10. The van der Waals surface area contributed by atoms with Crippen LogP contribution in [0.1, 0.15) is 16.1 Å². The van der Waals surface area contributed by atoms with Crippen LogP contribution in [0.15, 0.2) is 46.9 Å². The Labute approximate surface area is 156 Å². The van der Waals surface area contributed by atoms with Gasteiger partial charge in [-0.2, -0.15) is 5.10 Å². The van der Waals surface area contributed by atoms with E-state index in [1.807, 2.05) is 0 Å². The van der Waals surface area contributed by atoms with Crippen molar-refractivity contribution < 1.29 is 18.3 Å². The molecule has 3 rings (SSSR count). The molecule has 0 aliphatic carbocycles. The Hall–Kier alpha value is -2.74. The molecule has 2 aromatic carbocycles. The van der Waals surface area contributed by atoms with Gasteiger partial charge in [0.2, 0.25) is 0 Å². The van der Waals surface area contributed by atoms with Crippen LogP contribution in [0.3, 0.4) is 0 Å².